The van der Waals surface area contributed by atoms with Gasteiger partial charge in [0.1, 0.15) is 0 Å². The van der Waals surface area contributed by atoms with Gasteiger partial charge in [-0.15, -0.1) is 0 Å². The third-order valence-corrected chi connectivity index (χ3v) is 5.27. The van der Waals surface area contributed by atoms with E-state index in [1.807, 2.05) is 0 Å². The van der Waals surface area contributed by atoms with Crippen LogP contribution in [0.1, 0.15) is 69.3 Å². The Kier molecular flexibility index (Phi) is 5.45. The Labute approximate surface area is 147 Å². The van der Waals surface area contributed by atoms with E-state index in [4.69, 9.17) is 0 Å². The SMILES string of the molecule is CC(C)CCN1CCCn2cccc2C1c1ccc(C(C)C)cc1. The maximum atomic E-state index is 2.70. The van der Waals surface area contributed by atoms with Gasteiger partial charge in [0, 0.05) is 25.0 Å². The van der Waals surface area contributed by atoms with Gasteiger partial charge in [-0.2, -0.15) is 0 Å². The van der Waals surface area contributed by atoms with E-state index in [0.29, 0.717) is 12.0 Å². The fourth-order valence-corrected chi connectivity index (χ4v) is 3.75. The first-order chi connectivity index (χ1) is 11.6. The molecule has 0 aliphatic carbocycles. The number of aromatic nitrogens is 1. The molecule has 2 heterocycles. The third kappa shape index (κ3) is 3.75. The van der Waals surface area contributed by atoms with Gasteiger partial charge in [-0.1, -0.05) is 52.0 Å². The Balaban J connectivity index is 1.94. The average Bonchev–Trinajstić information content (AvgIpc) is 2.94. The molecule has 1 atom stereocenters. The second-order valence-electron chi connectivity index (χ2n) is 7.92. The molecule has 0 radical (unpaired) electrons. The van der Waals surface area contributed by atoms with Crippen LogP contribution in [0.25, 0.3) is 0 Å². The number of nitrogens with zero attached hydrogens (tertiary/aromatic N) is 2. The number of rotatable bonds is 5. The first-order valence-corrected chi connectivity index (χ1v) is 9.55. The molecule has 0 N–H and O–H groups in total. The summed E-state index contributed by atoms with van der Waals surface area (Å²) in [6, 6.07) is 14.3. The topological polar surface area (TPSA) is 8.17 Å². The van der Waals surface area contributed by atoms with Crippen LogP contribution in [0.3, 0.4) is 0 Å². The lowest BCUT2D eigenvalue weighted by molar-refractivity contribution is 0.216. The summed E-state index contributed by atoms with van der Waals surface area (Å²) in [5, 5.41) is 0. The molecule has 0 fully saturated rings. The van der Waals surface area contributed by atoms with Crippen LogP contribution in [0.5, 0.6) is 0 Å². The zero-order valence-corrected chi connectivity index (χ0v) is 15.7. The van der Waals surface area contributed by atoms with Crippen molar-refractivity contribution in [1.82, 2.24) is 9.47 Å². The fraction of sp³-hybridized carbons (Fsp3) is 0.545. The molecule has 1 aliphatic rings. The minimum atomic E-state index is 0.391. The van der Waals surface area contributed by atoms with Crippen LogP contribution in [0.15, 0.2) is 42.6 Å². The standard InChI is InChI=1S/C22H32N2/c1-17(2)12-16-24-15-6-14-23-13-5-7-21(23)22(24)20-10-8-19(9-11-20)18(3)4/h5,7-11,13,17-18,22H,6,12,14-16H2,1-4H3. The van der Waals surface area contributed by atoms with Crippen LogP contribution >= 0.6 is 0 Å². The highest BCUT2D eigenvalue weighted by molar-refractivity contribution is 5.33. The lowest BCUT2D eigenvalue weighted by Crippen LogP contribution is -2.31. The van der Waals surface area contributed by atoms with Crippen LogP contribution in [-0.2, 0) is 6.54 Å². The highest BCUT2D eigenvalue weighted by atomic mass is 15.2. The van der Waals surface area contributed by atoms with Crippen molar-refractivity contribution in [2.45, 2.75) is 59.0 Å². The fourth-order valence-electron chi connectivity index (χ4n) is 3.75. The second-order valence-corrected chi connectivity index (χ2v) is 7.92. The van der Waals surface area contributed by atoms with Crippen molar-refractivity contribution in [2.75, 3.05) is 13.1 Å². The van der Waals surface area contributed by atoms with Gasteiger partial charge in [-0.25, -0.2) is 0 Å². The van der Waals surface area contributed by atoms with Gasteiger partial charge < -0.3 is 4.57 Å². The molecular weight excluding hydrogens is 292 g/mol. The Bertz CT molecular complexity index is 636. The molecule has 24 heavy (non-hydrogen) atoms. The molecular formula is C22H32N2. The highest BCUT2D eigenvalue weighted by Crippen LogP contribution is 2.33. The zero-order chi connectivity index (χ0) is 17.1. The summed E-state index contributed by atoms with van der Waals surface area (Å²) in [6.07, 6.45) is 4.75. The summed E-state index contributed by atoms with van der Waals surface area (Å²) in [4.78, 5) is 2.70. The number of hydrogen-bond donors (Lipinski definition) is 0. The molecule has 2 aromatic rings. The number of benzene rings is 1. The normalized spacial score (nSPS) is 18.8. The van der Waals surface area contributed by atoms with Crippen molar-refractivity contribution in [2.24, 2.45) is 5.92 Å². The molecule has 1 aromatic heterocycles. The minimum Gasteiger partial charge on any atom is -0.350 e. The first-order valence-electron chi connectivity index (χ1n) is 9.55. The minimum absolute atomic E-state index is 0.391. The molecule has 0 spiro atoms. The number of hydrogen-bond acceptors (Lipinski definition) is 1. The van der Waals surface area contributed by atoms with Crippen LogP contribution in [0, 0.1) is 5.92 Å². The molecule has 0 saturated carbocycles. The maximum Gasteiger partial charge on any atom is 0.0756 e. The largest absolute Gasteiger partial charge is 0.350 e. The van der Waals surface area contributed by atoms with E-state index in [1.165, 1.54) is 42.8 Å². The molecule has 1 unspecified atom stereocenters. The average molecular weight is 325 g/mol. The monoisotopic (exact) mass is 324 g/mol. The lowest BCUT2D eigenvalue weighted by Gasteiger charge is -2.31. The van der Waals surface area contributed by atoms with Gasteiger partial charge in [0.25, 0.3) is 0 Å². The van der Waals surface area contributed by atoms with Gasteiger partial charge in [-0.3, -0.25) is 4.90 Å². The molecule has 2 heteroatoms. The van der Waals surface area contributed by atoms with E-state index < -0.39 is 0 Å². The van der Waals surface area contributed by atoms with Crippen molar-refractivity contribution in [3.8, 4) is 0 Å². The summed E-state index contributed by atoms with van der Waals surface area (Å²) in [5.74, 6) is 1.35. The summed E-state index contributed by atoms with van der Waals surface area (Å²) < 4.78 is 2.45. The van der Waals surface area contributed by atoms with Crippen LogP contribution < -0.4 is 0 Å². The van der Waals surface area contributed by atoms with Crippen molar-refractivity contribution in [1.29, 1.82) is 0 Å². The Morgan fingerprint density at radius 3 is 2.42 bits per heavy atom. The molecule has 1 aliphatic heterocycles. The van der Waals surface area contributed by atoms with E-state index in [1.54, 1.807) is 0 Å². The van der Waals surface area contributed by atoms with E-state index >= 15 is 0 Å². The van der Waals surface area contributed by atoms with E-state index in [2.05, 4.69) is 79.8 Å². The smallest absolute Gasteiger partial charge is 0.0756 e. The van der Waals surface area contributed by atoms with Crippen molar-refractivity contribution >= 4 is 0 Å². The molecule has 0 amide bonds. The van der Waals surface area contributed by atoms with Gasteiger partial charge in [0.2, 0.25) is 0 Å². The van der Waals surface area contributed by atoms with Crippen molar-refractivity contribution in [3.63, 3.8) is 0 Å². The molecule has 2 nitrogen and oxygen atoms in total. The summed E-state index contributed by atoms with van der Waals surface area (Å²) >= 11 is 0. The number of aryl methyl sites for hydroxylation is 1. The van der Waals surface area contributed by atoms with Crippen LogP contribution in [0.2, 0.25) is 0 Å². The molecule has 130 valence electrons. The zero-order valence-electron chi connectivity index (χ0n) is 15.7. The van der Waals surface area contributed by atoms with E-state index in [0.717, 1.165) is 12.5 Å². The number of fused-ring (bicyclic) bond motifs is 1. The van der Waals surface area contributed by atoms with Crippen LogP contribution in [0.4, 0.5) is 0 Å². The summed E-state index contributed by atoms with van der Waals surface area (Å²) in [6.45, 7) is 12.7. The molecule has 0 saturated heterocycles. The van der Waals surface area contributed by atoms with Gasteiger partial charge in [-0.05, 0) is 54.5 Å². The Hall–Kier alpha value is -1.54. The van der Waals surface area contributed by atoms with E-state index in [9.17, 15) is 0 Å². The highest BCUT2D eigenvalue weighted by Gasteiger charge is 2.27. The third-order valence-electron chi connectivity index (χ3n) is 5.27. The van der Waals surface area contributed by atoms with E-state index in [-0.39, 0.29) is 0 Å². The molecule has 0 bridgehead atoms. The summed E-state index contributed by atoms with van der Waals surface area (Å²) in [7, 11) is 0. The molecule has 1 aromatic carbocycles. The van der Waals surface area contributed by atoms with Gasteiger partial charge in [0.15, 0.2) is 0 Å². The van der Waals surface area contributed by atoms with Crippen molar-refractivity contribution < 1.29 is 0 Å². The Morgan fingerprint density at radius 1 is 1.00 bits per heavy atom. The maximum absolute atomic E-state index is 2.70. The second kappa shape index (κ2) is 7.57. The summed E-state index contributed by atoms with van der Waals surface area (Å²) in [5.41, 5.74) is 4.31. The van der Waals surface area contributed by atoms with Crippen LogP contribution in [-0.4, -0.2) is 22.6 Å². The quantitative estimate of drug-likeness (QED) is 0.709. The predicted octanol–water partition coefficient (Wildman–Crippen LogP) is 5.45. The Morgan fingerprint density at radius 2 is 1.75 bits per heavy atom. The first kappa shape index (κ1) is 17.3. The van der Waals surface area contributed by atoms with Crippen molar-refractivity contribution in [3.05, 3.63) is 59.4 Å². The van der Waals surface area contributed by atoms with Gasteiger partial charge in [0.05, 0.1) is 6.04 Å². The predicted molar refractivity (Wildman–Crippen MR) is 102 cm³/mol. The van der Waals surface area contributed by atoms with Gasteiger partial charge >= 0.3 is 0 Å². The lowest BCUT2D eigenvalue weighted by atomic mass is 9.96. The molecule has 3 rings (SSSR count).